The molecule has 1 aromatic carbocycles. The number of aromatic amines is 1. The van der Waals surface area contributed by atoms with Gasteiger partial charge in [-0.3, -0.25) is 29.3 Å². The molecule has 16 heteroatoms. The fourth-order valence-electron chi connectivity index (χ4n) is 3.68. The van der Waals surface area contributed by atoms with Gasteiger partial charge in [0.1, 0.15) is 12.3 Å². The molecule has 4 N–H and O–H groups in total. The number of hydrogen-bond donors (Lipinski definition) is 4. The smallest absolute Gasteiger partial charge is 0.394 e. The Morgan fingerprint density at radius 3 is 2.70 bits per heavy atom. The van der Waals surface area contributed by atoms with Crippen LogP contribution in [0.1, 0.15) is 42.4 Å². The molecule has 0 spiro atoms. The topological polar surface area (TPSA) is 186 Å². The van der Waals surface area contributed by atoms with Gasteiger partial charge in [0, 0.05) is 25.2 Å². The second-order valence-corrected chi connectivity index (χ2v) is 8.22. The van der Waals surface area contributed by atoms with Gasteiger partial charge in [-0.15, -0.1) is 0 Å². The third kappa shape index (κ3) is 6.59. The summed E-state index contributed by atoms with van der Waals surface area (Å²) in [6.45, 7) is -0.0216. The minimum absolute atomic E-state index is 0.0180. The number of nitrogens with zero attached hydrogens (tertiary/aromatic N) is 2. The van der Waals surface area contributed by atoms with Crippen molar-refractivity contribution in [3.63, 3.8) is 0 Å². The summed E-state index contributed by atoms with van der Waals surface area (Å²) in [5.41, 5.74) is -2.02. The van der Waals surface area contributed by atoms with Gasteiger partial charge in [-0.25, -0.2) is 4.79 Å². The number of alkyl halides is 3. The molecule has 2 aromatic rings. The Labute approximate surface area is 205 Å². The van der Waals surface area contributed by atoms with Crippen LogP contribution in [0.15, 0.2) is 34.0 Å². The van der Waals surface area contributed by atoms with Gasteiger partial charge < -0.3 is 25.0 Å². The maximum absolute atomic E-state index is 12.4. The number of halogens is 3. The van der Waals surface area contributed by atoms with Crippen molar-refractivity contribution in [2.45, 2.75) is 57.2 Å². The summed E-state index contributed by atoms with van der Waals surface area (Å²) >= 11 is 0. The highest BCUT2D eigenvalue weighted by Gasteiger charge is 2.38. The molecule has 13 nitrogen and oxygen atoms in total. The third-order valence-electron chi connectivity index (χ3n) is 5.66. The molecule has 1 fully saturated rings. The molecule has 4 atom stereocenters. The Hall–Kier alpha value is -3.60. The van der Waals surface area contributed by atoms with Crippen LogP contribution in [0, 0.1) is 10.1 Å². The lowest BCUT2D eigenvalue weighted by Gasteiger charge is -2.17. The van der Waals surface area contributed by atoms with E-state index in [-0.39, 0.29) is 23.1 Å². The van der Waals surface area contributed by atoms with Crippen molar-refractivity contribution in [1.29, 1.82) is 0 Å². The Balaban J connectivity index is 1.75. The van der Waals surface area contributed by atoms with Crippen LogP contribution < -0.4 is 16.6 Å². The molecule has 1 saturated heterocycles. The third-order valence-corrected chi connectivity index (χ3v) is 5.66. The van der Waals surface area contributed by atoms with Crippen LogP contribution >= 0.6 is 0 Å². The van der Waals surface area contributed by atoms with Crippen molar-refractivity contribution in [3.8, 4) is 0 Å². The fraction of sp³-hybridized carbons (Fsp3) is 0.476. The number of aromatic nitrogens is 2. The number of nitro benzene ring substituents is 1. The van der Waals surface area contributed by atoms with E-state index in [1.54, 1.807) is 5.32 Å². The van der Waals surface area contributed by atoms with E-state index < -0.39 is 78.2 Å². The fourth-order valence-corrected chi connectivity index (χ4v) is 3.68. The van der Waals surface area contributed by atoms with Crippen LogP contribution in [0.5, 0.6) is 0 Å². The van der Waals surface area contributed by atoms with E-state index in [4.69, 9.17) is 9.47 Å². The Kier molecular flexibility index (Phi) is 8.47. The predicted octanol–water partition coefficient (Wildman–Crippen LogP) is 0.542. The van der Waals surface area contributed by atoms with Crippen molar-refractivity contribution in [2.24, 2.45) is 0 Å². The molecule has 1 aliphatic heterocycles. The minimum atomic E-state index is -5.10. The summed E-state index contributed by atoms with van der Waals surface area (Å²) in [6, 6.07) is 3.54. The molecule has 1 unspecified atom stereocenters. The molecule has 1 aromatic heterocycles. The van der Waals surface area contributed by atoms with Crippen LogP contribution in [0.2, 0.25) is 0 Å². The molecule has 0 radical (unpaired) electrons. The zero-order valence-corrected chi connectivity index (χ0v) is 19.2. The Bertz CT molecular complexity index is 1280. The highest BCUT2D eigenvalue weighted by molar-refractivity contribution is 5.81. The summed E-state index contributed by atoms with van der Waals surface area (Å²) in [5, 5.41) is 32.3. The van der Waals surface area contributed by atoms with E-state index in [2.05, 4.69) is 4.98 Å². The highest BCUT2D eigenvalue weighted by Crippen LogP contribution is 2.30. The molecule has 1 aliphatic rings. The molecular weight excluding hydrogens is 509 g/mol. The number of amides is 1. The highest BCUT2D eigenvalue weighted by atomic mass is 19.4. The number of benzene rings is 1. The van der Waals surface area contributed by atoms with Gasteiger partial charge >= 0.3 is 17.8 Å². The molecule has 0 aliphatic carbocycles. The molecular formula is C21H23F3N4O9. The summed E-state index contributed by atoms with van der Waals surface area (Å²) in [5.74, 6) is -2.19. The van der Waals surface area contributed by atoms with E-state index in [1.807, 2.05) is 0 Å². The molecule has 3 rings (SSSR count). The second kappa shape index (κ2) is 11.2. The van der Waals surface area contributed by atoms with Gasteiger partial charge in [0.2, 0.25) is 0 Å². The zero-order chi connectivity index (χ0) is 27.5. The van der Waals surface area contributed by atoms with E-state index in [9.17, 15) is 47.9 Å². The number of carbonyl (C=O) groups is 1. The first-order valence-corrected chi connectivity index (χ1v) is 10.8. The lowest BCUT2D eigenvalue weighted by Crippen LogP contribution is -2.36. The number of hydrogen-bond acceptors (Lipinski definition) is 9. The van der Waals surface area contributed by atoms with Gasteiger partial charge in [0.05, 0.1) is 41.5 Å². The van der Waals surface area contributed by atoms with Crippen LogP contribution in [0.3, 0.4) is 0 Å². The number of aliphatic hydroxyl groups is 2. The van der Waals surface area contributed by atoms with Crippen LogP contribution in [0.4, 0.5) is 18.9 Å². The first kappa shape index (κ1) is 28.0. The standard InChI is InChI=1S/C21H23F3N4O9/c1-10(13-3-2-11(4-14(13)28(34)35)6-25-19(32)21(22,23)24)36-9-12-7-27(20(33)26-18(12)31)17-5-15(30)16(8-29)37-17/h2-4,7,10,15-17,29-30H,5-6,8-9H2,1H3,(H,25,32)(H,26,31,33)/t10?,15-,16-,17-/m1/s1. The molecule has 2 heterocycles. The largest absolute Gasteiger partial charge is 0.471 e. The van der Waals surface area contributed by atoms with Gasteiger partial charge in [0.25, 0.3) is 11.2 Å². The predicted molar refractivity (Wildman–Crippen MR) is 117 cm³/mol. The lowest BCUT2D eigenvalue weighted by atomic mass is 10.0. The SMILES string of the molecule is CC(OCc1cn([C@H]2C[C@@H](O)[C@@H](CO)O2)c(=O)[nH]c1=O)c1ccc(CNC(=O)C(F)(F)F)cc1[N+](=O)[O-]. The van der Waals surface area contributed by atoms with Crippen LogP contribution in [-0.4, -0.2) is 55.6 Å². The van der Waals surface area contributed by atoms with Crippen molar-refractivity contribution >= 4 is 11.6 Å². The molecule has 1 amide bonds. The summed E-state index contributed by atoms with van der Waals surface area (Å²) in [4.78, 5) is 48.3. The molecule has 0 saturated carbocycles. The molecule has 202 valence electrons. The van der Waals surface area contributed by atoms with Crippen molar-refractivity contribution in [1.82, 2.24) is 14.9 Å². The maximum Gasteiger partial charge on any atom is 0.471 e. The number of nitro groups is 1. The van der Waals surface area contributed by atoms with Gasteiger partial charge in [-0.2, -0.15) is 13.2 Å². The van der Waals surface area contributed by atoms with Gasteiger partial charge in [-0.05, 0) is 18.6 Å². The summed E-state index contributed by atoms with van der Waals surface area (Å²) in [6.07, 6.45) is -7.82. The van der Waals surface area contributed by atoms with Crippen molar-refractivity contribution in [2.75, 3.05) is 6.61 Å². The average molecular weight is 532 g/mol. The Morgan fingerprint density at radius 1 is 1.41 bits per heavy atom. The zero-order valence-electron chi connectivity index (χ0n) is 19.2. The second-order valence-electron chi connectivity index (χ2n) is 8.22. The minimum Gasteiger partial charge on any atom is -0.394 e. The van der Waals surface area contributed by atoms with E-state index in [1.165, 1.54) is 19.1 Å². The normalized spacial score (nSPS) is 20.5. The molecule has 37 heavy (non-hydrogen) atoms. The van der Waals surface area contributed by atoms with Crippen LogP contribution in [-0.2, 0) is 27.4 Å². The summed E-state index contributed by atoms with van der Waals surface area (Å²) < 4.78 is 49.1. The Morgan fingerprint density at radius 2 is 2.11 bits per heavy atom. The van der Waals surface area contributed by atoms with Crippen molar-refractivity contribution < 1.29 is 42.6 Å². The average Bonchev–Trinajstić information content (AvgIpc) is 3.21. The monoisotopic (exact) mass is 532 g/mol. The van der Waals surface area contributed by atoms with Gasteiger partial charge in [0.15, 0.2) is 0 Å². The number of carbonyl (C=O) groups excluding carboxylic acids is 1. The first-order chi connectivity index (χ1) is 17.3. The van der Waals surface area contributed by atoms with E-state index in [0.717, 1.165) is 16.8 Å². The quantitative estimate of drug-likeness (QED) is 0.264. The number of ether oxygens (including phenoxy) is 2. The van der Waals surface area contributed by atoms with Crippen molar-refractivity contribution in [3.05, 3.63) is 72.0 Å². The molecule has 0 bridgehead atoms. The van der Waals surface area contributed by atoms with Gasteiger partial charge in [-0.1, -0.05) is 6.07 Å². The van der Waals surface area contributed by atoms with Crippen LogP contribution in [0.25, 0.3) is 0 Å². The number of aliphatic hydroxyl groups excluding tert-OH is 2. The lowest BCUT2D eigenvalue weighted by molar-refractivity contribution is -0.386. The summed E-state index contributed by atoms with van der Waals surface area (Å²) in [7, 11) is 0. The number of rotatable bonds is 9. The van der Waals surface area contributed by atoms with E-state index >= 15 is 0 Å². The van der Waals surface area contributed by atoms with E-state index in [0.29, 0.717) is 0 Å². The number of H-pyrrole nitrogens is 1. The first-order valence-electron chi connectivity index (χ1n) is 10.8. The maximum atomic E-state index is 12.4. The number of nitrogens with one attached hydrogen (secondary N) is 2.